The Bertz CT molecular complexity index is 3100. The molecular formula is C57H62ClF2N9O8S. The lowest BCUT2D eigenvalue weighted by Crippen LogP contribution is -2.57. The summed E-state index contributed by atoms with van der Waals surface area (Å²) in [4.78, 5) is 73.9. The van der Waals surface area contributed by atoms with Crippen molar-refractivity contribution in [2.45, 2.75) is 71.8 Å². The number of likely N-dealkylation sites (tertiary alicyclic amines) is 1. The first-order valence-electron chi connectivity index (χ1n) is 25.6. The smallest absolute Gasteiger partial charge is 0.246 e. The molecule has 4 aromatic carbocycles. The number of nitrogens with zero attached hydrogens (tertiary/aromatic N) is 5. The Hall–Kier alpha value is -6.91. The fourth-order valence-corrected chi connectivity index (χ4v) is 9.94. The maximum Gasteiger partial charge on any atom is 0.246 e. The molecule has 2 aliphatic rings. The van der Waals surface area contributed by atoms with Crippen molar-refractivity contribution in [3.05, 3.63) is 147 Å². The predicted molar refractivity (Wildman–Crippen MR) is 294 cm³/mol. The summed E-state index contributed by atoms with van der Waals surface area (Å²) in [7, 11) is 0. The molecule has 0 bridgehead atoms. The average Bonchev–Trinajstić information content (AvgIpc) is 4.05. The minimum atomic E-state index is -0.953. The molecule has 0 spiro atoms. The Balaban J connectivity index is 0.683. The first-order chi connectivity index (χ1) is 37.5. The third-order valence-electron chi connectivity index (χ3n) is 13.1. The Kier molecular flexibility index (Phi) is 19.6. The van der Waals surface area contributed by atoms with Gasteiger partial charge in [-0.3, -0.25) is 24.2 Å². The van der Waals surface area contributed by atoms with E-state index in [4.69, 9.17) is 30.8 Å². The number of aromatic nitrogens is 3. The van der Waals surface area contributed by atoms with E-state index >= 15 is 0 Å². The quantitative estimate of drug-likeness (QED) is 0.0291. The van der Waals surface area contributed by atoms with Gasteiger partial charge in [-0.1, -0.05) is 68.8 Å². The van der Waals surface area contributed by atoms with E-state index in [2.05, 4.69) is 36.2 Å². The number of ether oxygens (including phenoxy) is 3. The maximum absolute atomic E-state index is 15.0. The lowest BCUT2D eigenvalue weighted by Gasteiger charge is -2.35. The van der Waals surface area contributed by atoms with E-state index in [1.807, 2.05) is 52.0 Å². The second-order valence-electron chi connectivity index (χ2n) is 19.9. The molecule has 6 aromatic rings. The van der Waals surface area contributed by atoms with Crippen molar-refractivity contribution >= 4 is 63.8 Å². The lowest BCUT2D eigenvalue weighted by atomic mass is 9.85. The van der Waals surface area contributed by atoms with Crippen LogP contribution >= 0.6 is 22.9 Å². The van der Waals surface area contributed by atoms with Gasteiger partial charge < -0.3 is 45.5 Å². The molecule has 0 aliphatic carbocycles. The van der Waals surface area contributed by atoms with Gasteiger partial charge in [0.05, 0.1) is 91.9 Å². The largest absolute Gasteiger partial charge is 0.391 e. The number of β-amino-alcohol motifs (C(OH)–C–C–N with tert-alkyl or cyclic N) is 1. The van der Waals surface area contributed by atoms with Gasteiger partial charge in [0.15, 0.2) is 5.78 Å². The topological polar surface area (TPSA) is 219 Å². The number of thiazole rings is 1. The number of aliphatic hydroxyl groups excluding tert-OH is 1. The number of Topliss-reactive ketones (excluding diaryl/α,β-unsaturated/α-hetero) is 1. The van der Waals surface area contributed by atoms with E-state index in [1.54, 1.807) is 65.5 Å². The number of hydrogen-bond donors (Lipinski definition) is 5. The van der Waals surface area contributed by atoms with Crippen LogP contribution in [0.25, 0.3) is 21.7 Å². The molecule has 0 unspecified atom stereocenters. The van der Waals surface area contributed by atoms with Crippen molar-refractivity contribution in [3.63, 3.8) is 0 Å². The first kappa shape index (κ1) is 57.3. The van der Waals surface area contributed by atoms with E-state index in [0.717, 1.165) is 21.7 Å². The van der Waals surface area contributed by atoms with Crippen molar-refractivity contribution in [2.75, 3.05) is 64.6 Å². The van der Waals surface area contributed by atoms with Gasteiger partial charge in [-0.2, -0.15) is 0 Å². The molecule has 8 rings (SSSR count). The number of halogens is 3. The highest BCUT2D eigenvalue weighted by molar-refractivity contribution is 7.13. The number of aliphatic hydroxyl groups is 1. The zero-order valence-electron chi connectivity index (χ0n) is 43.7. The summed E-state index contributed by atoms with van der Waals surface area (Å²) in [6.07, 6.45) is 0.824. The number of carbonyl (C=O) groups is 4. The van der Waals surface area contributed by atoms with Crippen LogP contribution in [0, 0.1) is 24.0 Å². The number of nitrogens with one attached hydrogen (secondary N) is 4. The third-order valence-corrected chi connectivity index (χ3v) is 14.3. The van der Waals surface area contributed by atoms with Gasteiger partial charge in [-0.25, -0.2) is 23.7 Å². The second kappa shape index (κ2) is 26.6. The predicted octanol–water partition coefficient (Wildman–Crippen LogP) is 7.62. The molecule has 2 aromatic heterocycles. The van der Waals surface area contributed by atoms with Crippen LogP contribution in [-0.2, 0) is 41.7 Å². The van der Waals surface area contributed by atoms with Crippen molar-refractivity contribution in [1.29, 1.82) is 0 Å². The van der Waals surface area contributed by atoms with E-state index in [-0.39, 0.29) is 93.7 Å². The second-order valence-corrected chi connectivity index (χ2v) is 21.1. The summed E-state index contributed by atoms with van der Waals surface area (Å²) in [5, 5.41) is 23.0. The molecular weight excluding hydrogens is 1040 g/mol. The van der Waals surface area contributed by atoms with E-state index in [0.29, 0.717) is 65.0 Å². The minimum Gasteiger partial charge on any atom is -0.391 e. The SMILES string of the molecule is Cc1ncsc1-c1ccc(CNC(=O)[C@@H]2C[C@@H](O)CN2C(=O)[C@@H](NC(=O)CCOCCOCCOCCNCC(=O)c2ccc(Nc3ncc4c(n3)-c3ccc(Cl)cc3C(c3c(F)cccc3F)=NC4)cc2)C(C)(C)C)cc1. The van der Waals surface area contributed by atoms with Crippen LogP contribution in [0.3, 0.4) is 0 Å². The summed E-state index contributed by atoms with van der Waals surface area (Å²) in [5.41, 5.74) is 7.22. The number of rotatable bonds is 24. The molecule has 410 valence electrons. The molecule has 3 atom stereocenters. The Morgan fingerprint density at radius 1 is 0.885 bits per heavy atom. The van der Waals surface area contributed by atoms with Crippen molar-refractivity contribution in [2.24, 2.45) is 10.4 Å². The van der Waals surface area contributed by atoms with Crippen LogP contribution < -0.4 is 21.3 Å². The first-order valence-corrected chi connectivity index (χ1v) is 26.8. The normalized spacial score (nSPS) is 15.4. The number of fused-ring (bicyclic) bond motifs is 3. The van der Waals surface area contributed by atoms with Crippen molar-refractivity contribution < 1.29 is 47.3 Å². The fourth-order valence-electron chi connectivity index (χ4n) is 8.96. The van der Waals surface area contributed by atoms with E-state index < -0.39 is 41.1 Å². The monoisotopic (exact) mass is 1110 g/mol. The molecule has 78 heavy (non-hydrogen) atoms. The van der Waals surface area contributed by atoms with E-state index in [9.17, 15) is 33.1 Å². The minimum absolute atomic E-state index is 0.00104. The Morgan fingerprint density at radius 2 is 1.59 bits per heavy atom. The highest BCUT2D eigenvalue weighted by Gasteiger charge is 2.44. The van der Waals surface area contributed by atoms with Crippen molar-refractivity contribution in [1.82, 2.24) is 35.8 Å². The van der Waals surface area contributed by atoms with Gasteiger partial charge in [-0.05, 0) is 72.0 Å². The summed E-state index contributed by atoms with van der Waals surface area (Å²) in [6, 6.07) is 21.6. The maximum atomic E-state index is 15.0. The number of carbonyl (C=O) groups excluding carboxylic acids is 4. The molecule has 0 saturated carbocycles. The van der Waals surface area contributed by atoms with E-state index in [1.165, 1.54) is 23.1 Å². The Labute approximate surface area is 460 Å². The number of aryl methyl sites for hydroxylation is 1. The summed E-state index contributed by atoms with van der Waals surface area (Å²) >= 11 is 7.92. The van der Waals surface area contributed by atoms with Crippen molar-refractivity contribution in [3.8, 4) is 21.7 Å². The zero-order chi connectivity index (χ0) is 55.3. The van der Waals surface area contributed by atoms with Gasteiger partial charge in [-0.15, -0.1) is 11.3 Å². The zero-order valence-corrected chi connectivity index (χ0v) is 45.3. The average molecular weight is 1110 g/mol. The van der Waals surface area contributed by atoms with Crippen LogP contribution in [0.15, 0.2) is 102 Å². The van der Waals surface area contributed by atoms with Gasteiger partial charge in [0.2, 0.25) is 23.7 Å². The molecule has 4 heterocycles. The number of hydrogen-bond acceptors (Lipinski definition) is 15. The van der Waals surface area contributed by atoms with Crippen LogP contribution in [0.4, 0.5) is 20.4 Å². The van der Waals surface area contributed by atoms with Gasteiger partial charge in [0.1, 0.15) is 23.7 Å². The highest BCUT2D eigenvalue weighted by Crippen LogP contribution is 2.35. The number of ketones is 1. The third kappa shape index (κ3) is 14.8. The standard InChI is InChI=1S/C57H62ClF2N9O8S/c1-34-52(78-33-65-34)37-10-8-35(9-11-37)28-63-54(73)46-27-41(70)32-69(46)55(74)53(57(2,3)4)67-48(72)18-20-75-22-24-77-25-23-76-21-19-61-31-47(71)36-12-15-40(16-13-36)66-56-64-30-38-29-62-51(49-44(59)6-5-7-45(49)60)43-26-39(58)14-17-42(43)50(38)68-56/h5-17,26,30,33,41,46,53,61,70H,18-25,27-29,31-32H2,1-4H3,(H,63,73)(H,67,72)(H,64,66,68)/t41-,46+,53-/m1/s1. The molecule has 0 radical (unpaired) electrons. The van der Waals surface area contributed by atoms with Crippen LogP contribution in [0.5, 0.6) is 0 Å². The van der Waals surface area contributed by atoms with Crippen LogP contribution in [-0.4, -0.2) is 132 Å². The fraction of sp³-hybridized carbons (Fsp3) is 0.368. The van der Waals surface area contributed by atoms with Crippen LogP contribution in [0.1, 0.15) is 71.9 Å². The highest BCUT2D eigenvalue weighted by atomic mass is 35.5. The van der Waals surface area contributed by atoms with Gasteiger partial charge >= 0.3 is 0 Å². The molecule has 17 nitrogen and oxygen atoms in total. The van der Waals surface area contributed by atoms with Gasteiger partial charge in [0, 0.05) is 71.6 Å². The molecule has 21 heteroatoms. The summed E-state index contributed by atoms with van der Waals surface area (Å²) in [5.74, 6) is -2.53. The molecule has 1 saturated heterocycles. The summed E-state index contributed by atoms with van der Waals surface area (Å²) < 4.78 is 46.7. The number of amides is 3. The summed E-state index contributed by atoms with van der Waals surface area (Å²) in [6.45, 7) is 9.89. The number of aliphatic imine (C=N–C) groups is 1. The molecule has 1 fully saturated rings. The van der Waals surface area contributed by atoms with Gasteiger partial charge in [0.25, 0.3) is 0 Å². The Morgan fingerprint density at radius 3 is 2.28 bits per heavy atom. The molecule has 5 N–H and O–H groups in total. The molecule has 2 aliphatic heterocycles. The molecule has 3 amide bonds. The van der Waals surface area contributed by atoms with Crippen LogP contribution in [0.2, 0.25) is 5.02 Å². The lowest BCUT2D eigenvalue weighted by molar-refractivity contribution is -0.144. The number of benzene rings is 4. The number of anilines is 2.